The Kier molecular flexibility index (Phi) is 6.92. The fourth-order valence-electron chi connectivity index (χ4n) is 2.13. The third-order valence-electron chi connectivity index (χ3n) is 3.33. The number of carbonyl (C=O) groups is 1. The monoisotopic (exact) mass is 366 g/mol. The van der Waals surface area contributed by atoms with Gasteiger partial charge in [0.05, 0.1) is 5.69 Å². The van der Waals surface area contributed by atoms with Crippen LogP contribution in [-0.2, 0) is 14.7 Å². The minimum absolute atomic E-state index is 0.137. The molecule has 0 spiro atoms. The molecule has 1 aliphatic heterocycles. The van der Waals surface area contributed by atoms with Crippen LogP contribution in [0.25, 0.3) is 0 Å². The maximum atomic E-state index is 11.5. The molecule has 1 aromatic carbocycles. The van der Waals surface area contributed by atoms with Gasteiger partial charge >= 0.3 is 0 Å². The topological polar surface area (TPSA) is 81.8 Å². The lowest BCUT2D eigenvalue weighted by Crippen LogP contribution is -2.21. The lowest BCUT2D eigenvalue weighted by molar-refractivity contribution is -0.114. The van der Waals surface area contributed by atoms with Crippen molar-refractivity contribution in [3.8, 4) is 0 Å². The third kappa shape index (κ3) is 4.88. The molecule has 0 saturated carbocycles. The molecule has 7 nitrogen and oxygen atoms in total. The van der Waals surface area contributed by atoms with Crippen molar-refractivity contribution >= 4 is 48.7 Å². The normalized spacial score (nSPS) is 16.8. The molecule has 0 fully saturated rings. The first-order chi connectivity index (χ1) is 11.6. The van der Waals surface area contributed by atoms with Crippen molar-refractivity contribution in [2.75, 3.05) is 23.3 Å². The molecule has 1 amide bonds. The summed E-state index contributed by atoms with van der Waals surface area (Å²) < 4.78 is 8.33. The fourth-order valence-corrected chi connectivity index (χ4v) is 4.34. The molecular weight excluding hydrogens is 344 g/mol. The van der Waals surface area contributed by atoms with Crippen LogP contribution < -0.4 is 10.2 Å². The number of carbonyl (C=O) groups excluding carboxylic acids is 1. The number of anilines is 2. The first-order valence-electron chi connectivity index (χ1n) is 7.86. The van der Waals surface area contributed by atoms with Crippen molar-refractivity contribution in [1.82, 2.24) is 0 Å². The van der Waals surface area contributed by atoms with Gasteiger partial charge in [-0.25, -0.2) is 0 Å². The van der Waals surface area contributed by atoms with E-state index >= 15 is 0 Å². The van der Waals surface area contributed by atoms with Gasteiger partial charge in [-0.3, -0.25) is 4.79 Å². The summed E-state index contributed by atoms with van der Waals surface area (Å²) >= 11 is 0. The van der Waals surface area contributed by atoms with Crippen molar-refractivity contribution < 1.29 is 4.79 Å². The highest BCUT2D eigenvalue weighted by atomic mass is 33.1. The molecule has 130 valence electrons. The van der Waals surface area contributed by atoms with Crippen LogP contribution in [0.15, 0.2) is 37.4 Å². The molecule has 2 rings (SSSR count). The quantitative estimate of drug-likeness (QED) is 0.562. The SMILES string of the molecule is CCC1=NN=S(N=Nc2ccc(N(CC)CC)cc2NC(C)=O)S1. The van der Waals surface area contributed by atoms with Gasteiger partial charge in [0, 0.05) is 25.7 Å². The highest BCUT2D eigenvalue weighted by Crippen LogP contribution is 2.32. The molecule has 1 heterocycles. The summed E-state index contributed by atoms with van der Waals surface area (Å²) in [6.07, 6.45) is 0.850. The van der Waals surface area contributed by atoms with Crippen molar-refractivity contribution in [2.24, 2.45) is 19.2 Å². The van der Waals surface area contributed by atoms with Crippen molar-refractivity contribution in [3.63, 3.8) is 0 Å². The van der Waals surface area contributed by atoms with Gasteiger partial charge in [-0.15, -0.1) is 10.2 Å². The van der Waals surface area contributed by atoms with Crippen molar-refractivity contribution in [2.45, 2.75) is 34.1 Å². The predicted octanol–water partition coefficient (Wildman–Crippen LogP) is 4.68. The molecule has 1 aliphatic rings. The van der Waals surface area contributed by atoms with E-state index in [1.54, 1.807) is 0 Å². The average molecular weight is 367 g/mol. The van der Waals surface area contributed by atoms with E-state index in [0.717, 1.165) is 30.2 Å². The van der Waals surface area contributed by atoms with Gasteiger partial charge < -0.3 is 10.2 Å². The molecular formula is C15H22N6OS2. The maximum absolute atomic E-state index is 11.5. The van der Waals surface area contributed by atoms with Crippen LogP contribution in [0.4, 0.5) is 17.1 Å². The van der Waals surface area contributed by atoms with E-state index < -0.39 is 9.91 Å². The zero-order valence-corrected chi connectivity index (χ0v) is 15.9. The number of nitrogens with one attached hydrogen (secondary N) is 1. The van der Waals surface area contributed by atoms with Crippen LogP contribution in [-0.4, -0.2) is 24.0 Å². The van der Waals surface area contributed by atoms with E-state index in [9.17, 15) is 4.79 Å². The fraction of sp³-hybridized carbons (Fsp3) is 0.467. The maximum Gasteiger partial charge on any atom is 0.221 e. The van der Waals surface area contributed by atoms with Crippen LogP contribution in [0, 0.1) is 0 Å². The van der Waals surface area contributed by atoms with E-state index in [2.05, 4.69) is 43.3 Å². The van der Waals surface area contributed by atoms with E-state index in [1.165, 1.54) is 17.7 Å². The molecule has 1 aromatic rings. The Balaban J connectivity index is 2.23. The van der Waals surface area contributed by atoms with E-state index in [0.29, 0.717) is 11.4 Å². The van der Waals surface area contributed by atoms with Crippen LogP contribution in [0.3, 0.4) is 0 Å². The minimum Gasteiger partial charge on any atom is -0.372 e. The van der Waals surface area contributed by atoms with Crippen LogP contribution in [0.1, 0.15) is 34.1 Å². The third-order valence-corrected chi connectivity index (χ3v) is 5.91. The summed E-state index contributed by atoms with van der Waals surface area (Å²) in [5.74, 6) is -0.137. The van der Waals surface area contributed by atoms with Gasteiger partial charge in [-0.1, -0.05) is 15.9 Å². The largest absolute Gasteiger partial charge is 0.372 e. The molecule has 0 radical (unpaired) electrons. The molecule has 1 unspecified atom stereocenters. The molecule has 0 bridgehead atoms. The zero-order valence-electron chi connectivity index (χ0n) is 14.3. The Labute approximate surface area is 148 Å². The van der Waals surface area contributed by atoms with Crippen LogP contribution in [0.5, 0.6) is 0 Å². The first kappa shape index (κ1) is 18.6. The van der Waals surface area contributed by atoms with Gasteiger partial charge in [0.1, 0.15) is 20.6 Å². The Bertz CT molecular complexity index is 697. The second-order valence-corrected chi connectivity index (χ2v) is 7.80. The molecule has 0 aromatic heterocycles. The number of amides is 1. The summed E-state index contributed by atoms with van der Waals surface area (Å²) in [4.78, 5) is 13.7. The number of benzene rings is 1. The standard InChI is InChI=1S/C15H22N6OS2/c1-5-15-18-20-24(23-15)19-17-13-9-8-12(21(6-2)7-3)10-14(13)16-11(4)22/h8-10H,5-7H2,1-4H3,(H,16,22). The molecule has 9 heteroatoms. The average Bonchev–Trinajstić information content (AvgIpc) is 3.03. The number of rotatable bonds is 7. The molecule has 24 heavy (non-hydrogen) atoms. The van der Waals surface area contributed by atoms with Crippen molar-refractivity contribution in [3.05, 3.63) is 18.2 Å². The summed E-state index contributed by atoms with van der Waals surface area (Å²) in [7, 11) is 0.897. The molecule has 0 saturated heterocycles. The molecule has 1 N–H and O–H groups in total. The highest BCUT2D eigenvalue weighted by Gasteiger charge is 2.12. The van der Waals surface area contributed by atoms with E-state index in [4.69, 9.17) is 0 Å². The van der Waals surface area contributed by atoms with Gasteiger partial charge in [0.2, 0.25) is 5.91 Å². The lowest BCUT2D eigenvalue weighted by Gasteiger charge is -2.22. The van der Waals surface area contributed by atoms with Gasteiger partial charge in [-0.2, -0.15) is 0 Å². The van der Waals surface area contributed by atoms with Gasteiger partial charge in [0.15, 0.2) is 0 Å². The van der Waals surface area contributed by atoms with Crippen LogP contribution in [0.2, 0.25) is 0 Å². The lowest BCUT2D eigenvalue weighted by atomic mass is 10.2. The molecule has 0 aliphatic carbocycles. The molecule has 1 atom stereocenters. The Hall–Kier alpha value is -1.74. The van der Waals surface area contributed by atoms with Gasteiger partial charge in [0.25, 0.3) is 0 Å². The minimum atomic E-state index is -0.623. The zero-order chi connectivity index (χ0) is 17.5. The summed E-state index contributed by atoms with van der Waals surface area (Å²) in [6, 6.07) is 5.79. The Morgan fingerprint density at radius 2 is 2.08 bits per heavy atom. The number of nitrogens with zero attached hydrogens (tertiary/aromatic N) is 5. The summed E-state index contributed by atoms with van der Waals surface area (Å²) in [5.41, 5.74) is 2.32. The van der Waals surface area contributed by atoms with E-state index in [1.807, 2.05) is 25.1 Å². The van der Waals surface area contributed by atoms with E-state index in [-0.39, 0.29) is 5.91 Å². The summed E-state index contributed by atoms with van der Waals surface area (Å²) in [5, 5.41) is 12.1. The van der Waals surface area contributed by atoms with Crippen molar-refractivity contribution in [1.29, 1.82) is 0 Å². The Morgan fingerprint density at radius 1 is 1.33 bits per heavy atom. The number of hydrogen-bond donors (Lipinski definition) is 1. The van der Waals surface area contributed by atoms with Crippen LogP contribution >= 0.6 is 10.8 Å². The predicted molar refractivity (Wildman–Crippen MR) is 104 cm³/mol. The highest BCUT2D eigenvalue weighted by molar-refractivity contribution is 8.76. The summed E-state index contributed by atoms with van der Waals surface area (Å²) in [6.45, 7) is 9.50. The van der Waals surface area contributed by atoms with Gasteiger partial charge in [-0.05, 0) is 49.3 Å². The second kappa shape index (κ2) is 8.93. The smallest absolute Gasteiger partial charge is 0.221 e. The first-order valence-corrected chi connectivity index (χ1v) is 10.3. The second-order valence-electron chi connectivity index (χ2n) is 4.98. The number of hydrogen-bond acceptors (Lipinski definition) is 7. The Morgan fingerprint density at radius 3 is 2.67 bits per heavy atom.